The van der Waals surface area contributed by atoms with E-state index in [9.17, 15) is 9.59 Å². The Morgan fingerprint density at radius 3 is 2.57 bits per heavy atom. The van der Waals surface area contributed by atoms with Crippen molar-refractivity contribution < 1.29 is 9.53 Å². The largest absolute Gasteiger partial charge is 0.497 e. The highest BCUT2D eigenvalue weighted by atomic mass is 16.5. The molecule has 1 heterocycles. The van der Waals surface area contributed by atoms with Crippen LogP contribution < -0.4 is 15.7 Å². The second kappa shape index (κ2) is 8.47. The molecule has 0 saturated carbocycles. The molecule has 0 atom stereocenters. The van der Waals surface area contributed by atoms with E-state index in [1.807, 2.05) is 30.3 Å². The van der Waals surface area contributed by atoms with Crippen molar-refractivity contribution in [3.05, 3.63) is 70.8 Å². The quantitative estimate of drug-likeness (QED) is 0.712. The van der Waals surface area contributed by atoms with Gasteiger partial charge < -0.3 is 10.1 Å². The van der Waals surface area contributed by atoms with Crippen LogP contribution in [0.15, 0.2) is 59.5 Å². The zero-order chi connectivity index (χ0) is 20.1. The van der Waals surface area contributed by atoms with Crippen molar-refractivity contribution in [1.29, 1.82) is 0 Å². The molecule has 0 aliphatic heterocycles. The first-order chi connectivity index (χ1) is 13.5. The lowest BCUT2D eigenvalue weighted by Gasteiger charge is -2.09. The second-order valence-electron chi connectivity index (χ2n) is 6.64. The third kappa shape index (κ3) is 4.62. The topological polar surface area (TPSA) is 86.1 Å². The Hall–Kier alpha value is -3.48. The third-order valence-electron chi connectivity index (χ3n) is 4.28. The van der Waals surface area contributed by atoms with Gasteiger partial charge in [-0.05, 0) is 35.7 Å². The van der Waals surface area contributed by atoms with Crippen LogP contribution in [0.1, 0.15) is 25.3 Å². The van der Waals surface area contributed by atoms with Crippen molar-refractivity contribution in [2.24, 2.45) is 0 Å². The normalized spacial score (nSPS) is 10.7. The van der Waals surface area contributed by atoms with Crippen LogP contribution in [-0.4, -0.2) is 27.8 Å². The van der Waals surface area contributed by atoms with E-state index in [1.165, 1.54) is 11.8 Å². The summed E-state index contributed by atoms with van der Waals surface area (Å²) in [5, 5.41) is 6.83. The zero-order valence-corrected chi connectivity index (χ0v) is 16.0. The molecule has 3 aromatic rings. The average molecular weight is 378 g/mol. The number of carbonyl (C=O) groups excluding carboxylic acids is 1. The molecule has 1 amide bonds. The van der Waals surface area contributed by atoms with Crippen molar-refractivity contribution in [2.45, 2.75) is 26.3 Å². The van der Waals surface area contributed by atoms with Gasteiger partial charge in [0.05, 0.1) is 19.0 Å². The van der Waals surface area contributed by atoms with Crippen molar-refractivity contribution >= 4 is 11.6 Å². The predicted molar refractivity (Wildman–Crippen MR) is 107 cm³/mol. The number of nitrogens with zero attached hydrogens (tertiary/aromatic N) is 3. The summed E-state index contributed by atoms with van der Waals surface area (Å²) in [7, 11) is 1.57. The van der Waals surface area contributed by atoms with E-state index in [-0.39, 0.29) is 12.5 Å². The van der Waals surface area contributed by atoms with Gasteiger partial charge in [-0.3, -0.25) is 4.79 Å². The number of hydrogen-bond donors (Lipinski definition) is 1. The first-order valence-corrected chi connectivity index (χ1v) is 8.94. The fourth-order valence-corrected chi connectivity index (χ4v) is 2.68. The minimum absolute atomic E-state index is 0.212. The number of nitrogens with one attached hydrogen (secondary N) is 1. The van der Waals surface area contributed by atoms with Gasteiger partial charge in [0.2, 0.25) is 5.91 Å². The molecule has 0 aliphatic rings. The van der Waals surface area contributed by atoms with Gasteiger partial charge in [0.1, 0.15) is 12.3 Å². The van der Waals surface area contributed by atoms with E-state index < -0.39 is 5.69 Å². The van der Waals surface area contributed by atoms with Crippen LogP contribution in [0, 0.1) is 0 Å². The molecule has 0 spiro atoms. The molecule has 3 rings (SSSR count). The smallest absolute Gasteiger partial charge is 0.365 e. The minimum atomic E-state index is -0.592. The summed E-state index contributed by atoms with van der Waals surface area (Å²) in [5.74, 6) is 0.732. The average Bonchev–Trinajstić information content (AvgIpc) is 2.70. The van der Waals surface area contributed by atoms with E-state index in [4.69, 9.17) is 4.74 Å². The Morgan fingerprint density at radius 1 is 1.18 bits per heavy atom. The van der Waals surface area contributed by atoms with Crippen LogP contribution in [0.5, 0.6) is 5.75 Å². The number of carbonyl (C=O) groups is 1. The third-order valence-corrected chi connectivity index (χ3v) is 4.28. The van der Waals surface area contributed by atoms with Gasteiger partial charge in [-0.15, -0.1) is 0 Å². The molecule has 0 unspecified atom stereocenters. The molecule has 0 fully saturated rings. The molecule has 0 bridgehead atoms. The maximum atomic E-state index is 12.3. The first-order valence-electron chi connectivity index (χ1n) is 8.94. The van der Waals surface area contributed by atoms with E-state index in [0.29, 0.717) is 28.6 Å². The van der Waals surface area contributed by atoms with Gasteiger partial charge in [-0.2, -0.15) is 10.1 Å². The predicted octanol–water partition coefficient (Wildman–Crippen LogP) is 3.08. The van der Waals surface area contributed by atoms with Crippen molar-refractivity contribution in [3.63, 3.8) is 0 Å². The number of methoxy groups -OCH3 is 1. The fourth-order valence-electron chi connectivity index (χ4n) is 2.68. The Bertz CT molecular complexity index is 1030. The van der Waals surface area contributed by atoms with Gasteiger partial charge in [0, 0.05) is 11.3 Å². The van der Waals surface area contributed by atoms with E-state index in [1.54, 1.807) is 25.3 Å². The fraction of sp³-hybridized carbons (Fsp3) is 0.238. The minimum Gasteiger partial charge on any atom is -0.497 e. The summed E-state index contributed by atoms with van der Waals surface area (Å²) in [5.41, 5.74) is 2.40. The lowest BCUT2D eigenvalue weighted by Crippen LogP contribution is -2.31. The number of anilines is 1. The Labute approximate surface area is 163 Å². The van der Waals surface area contributed by atoms with E-state index >= 15 is 0 Å². The number of ether oxygens (including phenoxy) is 1. The van der Waals surface area contributed by atoms with Crippen LogP contribution in [0.2, 0.25) is 0 Å². The number of aromatic nitrogens is 3. The molecule has 7 heteroatoms. The maximum Gasteiger partial charge on any atom is 0.365 e. The molecule has 144 valence electrons. The zero-order valence-electron chi connectivity index (χ0n) is 16.0. The maximum absolute atomic E-state index is 12.3. The highest BCUT2D eigenvalue weighted by Crippen LogP contribution is 2.20. The lowest BCUT2D eigenvalue weighted by atomic mass is 10.0. The van der Waals surface area contributed by atoms with Gasteiger partial charge in [-0.25, -0.2) is 9.48 Å². The summed E-state index contributed by atoms with van der Waals surface area (Å²) < 4.78 is 6.20. The van der Waals surface area contributed by atoms with Crippen molar-refractivity contribution in [2.75, 3.05) is 12.4 Å². The molecular weight excluding hydrogens is 356 g/mol. The number of hydrogen-bond acceptors (Lipinski definition) is 5. The van der Waals surface area contributed by atoms with Gasteiger partial charge in [0.15, 0.2) is 0 Å². The Kier molecular flexibility index (Phi) is 5.84. The molecule has 2 aromatic carbocycles. The number of amides is 1. The van der Waals surface area contributed by atoms with Crippen molar-refractivity contribution in [3.8, 4) is 17.0 Å². The molecule has 1 N–H and O–H groups in total. The summed E-state index contributed by atoms with van der Waals surface area (Å²) in [6, 6.07) is 14.8. The lowest BCUT2D eigenvalue weighted by molar-refractivity contribution is -0.117. The monoisotopic (exact) mass is 378 g/mol. The first kappa shape index (κ1) is 19.3. The molecule has 0 aliphatic carbocycles. The Morgan fingerprint density at radius 2 is 1.93 bits per heavy atom. The molecular formula is C21H22N4O3. The van der Waals surface area contributed by atoms with Crippen LogP contribution in [0.25, 0.3) is 11.3 Å². The van der Waals surface area contributed by atoms with Crippen LogP contribution in [0.3, 0.4) is 0 Å². The highest BCUT2D eigenvalue weighted by Gasteiger charge is 2.10. The van der Waals surface area contributed by atoms with Crippen LogP contribution in [-0.2, 0) is 11.3 Å². The Balaban J connectivity index is 1.70. The molecule has 0 saturated heterocycles. The van der Waals surface area contributed by atoms with Gasteiger partial charge >= 0.3 is 5.69 Å². The molecule has 28 heavy (non-hydrogen) atoms. The summed E-state index contributed by atoms with van der Waals surface area (Å²) in [6.07, 6.45) is 1.46. The van der Waals surface area contributed by atoms with Crippen LogP contribution in [0.4, 0.5) is 5.69 Å². The highest BCUT2D eigenvalue weighted by molar-refractivity contribution is 5.90. The number of benzene rings is 2. The summed E-state index contributed by atoms with van der Waals surface area (Å²) >= 11 is 0. The molecule has 0 radical (unpaired) electrons. The SMILES string of the molecule is COc1cccc(-c2cnn(CC(=O)Nc3ccc(C(C)C)cc3)c(=O)n2)c1. The van der Waals surface area contributed by atoms with Gasteiger partial charge in [-0.1, -0.05) is 38.1 Å². The van der Waals surface area contributed by atoms with E-state index in [0.717, 1.165) is 4.68 Å². The summed E-state index contributed by atoms with van der Waals surface area (Å²) in [6.45, 7) is 4.00. The van der Waals surface area contributed by atoms with Gasteiger partial charge in [0.25, 0.3) is 0 Å². The summed E-state index contributed by atoms with van der Waals surface area (Å²) in [4.78, 5) is 28.5. The second-order valence-corrected chi connectivity index (χ2v) is 6.64. The van der Waals surface area contributed by atoms with Crippen molar-refractivity contribution in [1.82, 2.24) is 14.8 Å². The molecule has 1 aromatic heterocycles. The molecule has 7 nitrogen and oxygen atoms in total. The van der Waals surface area contributed by atoms with Crippen LogP contribution >= 0.6 is 0 Å². The standard InChI is InChI=1S/C21H22N4O3/c1-14(2)15-7-9-17(10-8-15)23-20(26)13-25-21(27)24-19(12-22-25)16-5-4-6-18(11-16)28-3/h4-12,14H,13H2,1-3H3,(H,23,26). The van der Waals surface area contributed by atoms with E-state index in [2.05, 4.69) is 29.2 Å². The number of rotatable bonds is 6.